The molecule has 1 aliphatic rings. The monoisotopic (exact) mass is 337 g/mol. The van der Waals surface area contributed by atoms with Gasteiger partial charge in [0.1, 0.15) is 0 Å². The predicted molar refractivity (Wildman–Crippen MR) is 79.4 cm³/mol. The Morgan fingerprint density at radius 3 is 2.32 bits per heavy atom. The Hall–Kier alpha value is -0.810. The summed E-state index contributed by atoms with van der Waals surface area (Å²) >= 11 is 4.60. The average molecular weight is 338 g/mol. The second-order valence-electron chi connectivity index (χ2n) is 6.62. The first kappa shape index (κ1) is 17.5. The Bertz CT molecular complexity index is 499. The first-order valence-corrected chi connectivity index (χ1v) is 7.63. The fraction of sp³-hybridized carbons (Fsp3) is 0.625. The Morgan fingerprint density at radius 1 is 1.18 bits per heavy atom. The van der Waals surface area contributed by atoms with Gasteiger partial charge >= 0.3 is 11.3 Å². The topological polar surface area (TPSA) is 3.24 Å². The highest BCUT2D eigenvalue weighted by atomic mass is 35.5. The minimum atomic E-state index is -4.52. The van der Waals surface area contributed by atoms with E-state index in [1.54, 1.807) is 0 Å². The highest BCUT2D eigenvalue weighted by Gasteiger charge is 2.58. The van der Waals surface area contributed by atoms with E-state index in [-0.39, 0.29) is 0 Å². The second-order valence-corrected chi connectivity index (χ2v) is 7.09. The lowest BCUT2D eigenvalue weighted by molar-refractivity contribution is -0.172. The van der Waals surface area contributed by atoms with Gasteiger partial charge in [0, 0.05) is 19.0 Å². The van der Waals surface area contributed by atoms with Crippen molar-refractivity contribution in [2.45, 2.75) is 50.6 Å². The first-order chi connectivity index (χ1) is 10.0. The molecule has 0 radical (unpaired) electrons. The van der Waals surface area contributed by atoms with Crippen molar-refractivity contribution >= 4 is 11.6 Å². The maximum Gasteiger partial charge on any atom is 0.384 e. The summed E-state index contributed by atoms with van der Waals surface area (Å²) in [6.45, 7) is 4.76. The van der Waals surface area contributed by atoms with Crippen LogP contribution in [0.2, 0.25) is 0 Å². The number of halogens is 5. The summed E-state index contributed by atoms with van der Waals surface area (Å²) in [6.07, 6.45) is -0.252. The second kappa shape index (κ2) is 6.00. The van der Waals surface area contributed by atoms with Gasteiger partial charge < -0.3 is 0 Å². The van der Waals surface area contributed by atoms with Gasteiger partial charge in [0.2, 0.25) is 0 Å². The predicted octanol–water partition coefficient (Wildman–Crippen LogP) is 5.14. The van der Waals surface area contributed by atoms with Crippen LogP contribution in [0, 0.1) is 5.41 Å². The zero-order valence-electron chi connectivity index (χ0n) is 12.6. The standard InChI is InChI=1S/C16H20ClF4N/c1-14(2)8-9-22(11-12-6-4-3-5-7-12)13(14)10-15(18,19)16(17,20)21/h3-7,13H,8-11H2,1-2H3. The van der Waals surface area contributed by atoms with Gasteiger partial charge in [-0.15, -0.1) is 0 Å². The van der Waals surface area contributed by atoms with Crippen LogP contribution in [0.1, 0.15) is 32.3 Å². The zero-order chi connectivity index (χ0) is 16.6. The molecule has 0 aromatic heterocycles. The van der Waals surface area contributed by atoms with Crippen molar-refractivity contribution in [2.75, 3.05) is 6.54 Å². The summed E-state index contributed by atoms with van der Waals surface area (Å²) in [4.78, 5) is 1.85. The molecule has 0 amide bonds. The number of hydrogen-bond acceptors (Lipinski definition) is 1. The van der Waals surface area contributed by atoms with E-state index >= 15 is 0 Å². The molecular formula is C16H20ClF4N. The van der Waals surface area contributed by atoms with Gasteiger partial charge in [-0.2, -0.15) is 17.6 Å². The van der Waals surface area contributed by atoms with Crippen LogP contribution < -0.4 is 0 Å². The van der Waals surface area contributed by atoms with E-state index in [1.165, 1.54) is 0 Å². The van der Waals surface area contributed by atoms with Gasteiger partial charge in [0.05, 0.1) is 0 Å². The van der Waals surface area contributed by atoms with Crippen LogP contribution in [0.25, 0.3) is 0 Å². The zero-order valence-corrected chi connectivity index (χ0v) is 13.4. The Balaban J connectivity index is 2.17. The molecule has 124 valence electrons. The number of nitrogens with zero attached hydrogens (tertiary/aromatic N) is 1. The van der Waals surface area contributed by atoms with Crippen LogP contribution in [0.15, 0.2) is 30.3 Å². The van der Waals surface area contributed by atoms with Crippen LogP contribution in [-0.4, -0.2) is 28.8 Å². The van der Waals surface area contributed by atoms with Crippen molar-refractivity contribution in [3.63, 3.8) is 0 Å². The molecule has 1 fully saturated rings. The molecule has 1 aromatic carbocycles. The summed E-state index contributed by atoms with van der Waals surface area (Å²) in [5.74, 6) is -4.23. The number of likely N-dealkylation sites (tertiary alicyclic amines) is 1. The maximum atomic E-state index is 13.7. The molecule has 22 heavy (non-hydrogen) atoms. The maximum absolute atomic E-state index is 13.7. The summed E-state index contributed by atoms with van der Waals surface area (Å²) in [6, 6.07) is 8.76. The van der Waals surface area contributed by atoms with Crippen LogP contribution in [0.4, 0.5) is 17.6 Å². The molecule has 1 heterocycles. The van der Waals surface area contributed by atoms with Crippen molar-refractivity contribution < 1.29 is 17.6 Å². The quantitative estimate of drug-likeness (QED) is 0.531. The molecule has 0 aliphatic carbocycles. The number of rotatable bonds is 5. The molecule has 0 saturated carbocycles. The summed E-state index contributed by atoms with van der Waals surface area (Å²) in [5.41, 5.74) is 0.520. The minimum Gasteiger partial charge on any atom is -0.295 e. The van der Waals surface area contributed by atoms with Crippen LogP contribution in [0.3, 0.4) is 0 Å². The van der Waals surface area contributed by atoms with E-state index in [2.05, 4.69) is 11.6 Å². The molecule has 2 rings (SSSR count). The van der Waals surface area contributed by atoms with Gasteiger partial charge in [0.15, 0.2) is 0 Å². The van der Waals surface area contributed by atoms with E-state index in [0.29, 0.717) is 19.5 Å². The summed E-state index contributed by atoms with van der Waals surface area (Å²) in [5, 5.41) is -4.52. The SMILES string of the molecule is CC1(C)CCN(Cc2ccccc2)C1CC(F)(F)C(F)(F)Cl. The van der Waals surface area contributed by atoms with Crippen molar-refractivity contribution in [3.8, 4) is 0 Å². The van der Waals surface area contributed by atoms with E-state index in [0.717, 1.165) is 5.56 Å². The number of benzene rings is 1. The van der Waals surface area contributed by atoms with Gasteiger partial charge in [-0.3, -0.25) is 4.90 Å². The van der Waals surface area contributed by atoms with Crippen LogP contribution in [-0.2, 0) is 6.54 Å². The average Bonchev–Trinajstić information content (AvgIpc) is 2.66. The van der Waals surface area contributed by atoms with Crippen molar-refractivity contribution in [1.82, 2.24) is 4.90 Å². The lowest BCUT2D eigenvalue weighted by Gasteiger charge is -2.36. The van der Waals surface area contributed by atoms with E-state index < -0.39 is 29.2 Å². The number of hydrogen-bond donors (Lipinski definition) is 0. The lowest BCUT2D eigenvalue weighted by Crippen LogP contribution is -2.46. The highest BCUT2D eigenvalue weighted by molar-refractivity contribution is 6.22. The van der Waals surface area contributed by atoms with Crippen LogP contribution >= 0.6 is 11.6 Å². The molecule has 6 heteroatoms. The van der Waals surface area contributed by atoms with E-state index in [9.17, 15) is 17.6 Å². The van der Waals surface area contributed by atoms with Crippen molar-refractivity contribution in [3.05, 3.63) is 35.9 Å². The lowest BCUT2D eigenvalue weighted by atomic mass is 9.81. The summed E-state index contributed by atoms with van der Waals surface area (Å²) < 4.78 is 53.4. The fourth-order valence-corrected chi connectivity index (χ4v) is 3.10. The van der Waals surface area contributed by atoms with Crippen molar-refractivity contribution in [1.29, 1.82) is 0 Å². The normalized spacial score (nSPS) is 23.0. The third-order valence-electron chi connectivity index (χ3n) is 4.48. The van der Waals surface area contributed by atoms with Crippen LogP contribution in [0.5, 0.6) is 0 Å². The fourth-order valence-electron chi connectivity index (χ4n) is 3.02. The third-order valence-corrected chi connectivity index (χ3v) is 4.76. The van der Waals surface area contributed by atoms with Gasteiger partial charge in [0.25, 0.3) is 0 Å². The molecular weight excluding hydrogens is 318 g/mol. The van der Waals surface area contributed by atoms with Crippen molar-refractivity contribution in [2.24, 2.45) is 5.41 Å². The molecule has 1 nitrogen and oxygen atoms in total. The molecule has 0 N–H and O–H groups in total. The Morgan fingerprint density at radius 2 is 1.77 bits per heavy atom. The van der Waals surface area contributed by atoms with E-state index in [1.807, 2.05) is 49.1 Å². The molecule has 1 unspecified atom stereocenters. The third kappa shape index (κ3) is 3.74. The summed E-state index contributed by atoms with van der Waals surface area (Å²) in [7, 11) is 0. The Labute approximate surface area is 133 Å². The smallest absolute Gasteiger partial charge is 0.295 e. The highest BCUT2D eigenvalue weighted by Crippen LogP contribution is 2.47. The molecule has 1 aromatic rings. The molecule has 0 bridgehead atoms. The molecule has 1 atom stereocenters. The first-order valence-electron chi connectivity index (χ1n) is 7.25. The molecule has 1 saturated heterocycles. The minimum absolute atomic E-state index is 0.458. The molecule has 1 aliphatic heterocycles. The molecule has 0 spiro atoms. The van der Waals surface area contributed by atoms with Gasteiger partial charge in [-0.05, 0) is 35.5 Å². The Kier molecular flexibility index (Phi) is 4.79. The largest absolute Gasteiger partial charge is 0.384 e. The van der Waals surface area contributed by atoms with Gasteiger partial charge in [-0.1, -0.05) is 44.2 Å². The number of alkyl halides is 5. The van der Waals surface area contributed by atoms with Gasteiger partial charge in [-0.25, -0.2) is 0 Å². The van der Waals surface area contributed by atoms with E-state index in [4.69, 9.17) is 0 Å².